The van der Waals surface area contributed by atoms with Crippen LogP contribution in [0, 0.1) is 0 Å². The molecule has 0 aromatic heterocycles. The Bertz CT molecular complexity index is 906. The van der Waals surface area contributed by atoms with Crippen LogP contribution in [0.3, 0.4) is 0 Å². The van der Waals surface area contributed by atoms with E-state index in [-0.39, 0.29) is 22.9 Å². The maximum Gasteiger partial charge on any atom is 0.253 e. The molecule has 0 heterocycles. The summed E-state index contributed by atoms with van der Waals surface area (Å²) in [4.78, 5) is 39.2. The van der Waals surface area contributed by atoms with E-state index in [2.05, 4.69) is 29.6 Å². The van der Waals surface area contributed by atoms with Crippen LogP contribution in [-0.2, 0) is 6.42 Å². The normalized spacial score (nSPS) is 10.6. The molecule has 2 aromatic rings. The topological polar surface area (TPSA) is 92.5 Å². The Kier molecular flexibility index (Phi) is 11.1. The molecule has 0 atom stereocenters. The first-order valence-corrected chi connectivity index (χ1v) is 12.0. The monoisotopic (exact) mass is 451 g/mol. The van der Waals surface area contributed by atoms with Gasteiger partial charge in [0, 0.05) is 36.3 Å². The minimum Gasteiger partial charge on any atom is -0.366 e. The van der Waals surface area contributed by atoms with Crippen molar-refractivity contribution >= 4 is 17.7 Å². The highest BCUT2D eigenvalue weighted by Gasteiger charge is 2.19. The Morgan fingerprint density at radius 2 is 1.42 bits per heavy atom. The van der Waals surface area contributed by atoms with Crippen LogP contribution in [0.4, 0.5) is 0 Å². The number of aryl methyl sites for hydroxylation is 1. The van der Waals surface area contributed by atoms with Crippen LogP contribution in [-0.4, -0.2) is 42.3 Å². The standard InChI is InChI=1S/C27H37N3O3/c1-3-16-30(17-4-2)27(33)24-19-22(25(28)31)18-23(20-24)26(32)29-15-11-6-5-8-12-21-13-9-7-10-14-21/h7,9-10,13-14,18-20H,3-6,8,11-12,15-17H2,1-2H3,(H2,28,31)(H,29,32). The summed E-state index contributed by atoms with van der Waals surface area (Å²) >= 11 is 0. The molecule has 33 heavy (non-hydrogen) atoms. The number of nitrogens with zero attached hydrogens (tertiary/aromatic N) is 1. The molecule has 3 N–H and O–H groups in total. The summed E-state index contributed by atoms with van der Waals surface area (Å²) in [5.74, 6) is -1.14. The van der Waals surface area contributed by atoms with Gasteiger partial charge in [-0.1, -0.05) is 57.0 Å². The van der Waals surface area contributed by atoms with Crippen LogP contribution in [0.15, 0.2) is 48.5 Å². The lowest BCUT2D eigenvalue weighted by atomic mass is 10.0. The van der Waals surface area contributed by atoms with Gasteiger partial charge in [-0.25, -0.2) is 0 Å². The van der Waals surface area contributed by atoms with Crippen molar-refractivity contribution in [3.05, 3.63) is 70.8 Å². The summed E-state index contributed by atoms with van der Waals surface area (Å²) < 4.78 is 0. The van der Waals surface area contributed by atoms with Gasteiger partial charge in [-0.15, -0.1) is 0 Å². The minimum atomic E-state index is -0.658. The van der Waals surface area contributed by atoms with E-state index in [1.54, 1.807) is 11.0 Å². The van der Waals surface area contributed by atoms with Crippen molar-refractivity contribution in [2.75, 3.05) is 19.6 Å². The Morgan fingerprint density at radius 3 is 2.06 bits per heavy atom. The molecule has 0 saturated carbocycles. The summed E-state index contributed by atoms with van der Waals surface area (Å²) in [6.45, 7) is 5.82. The van der Waals surface area contributed by atoms with E-state index in [0.717, 1.165) is 44.9 Å². The highest BCUT2D eigenvalue weighted by Crippen LogP contribution is 2.14. The first-order chi connectivity index (χ1) is 16.0. The average Bonchev–Trinajstić information content (AvgIpc) is 2.83. The van der Waals surface area contributed by atoms with E-state index in [9.17, 15) is 14.4 Å². The summed E-state index contributed by atoms with van der Waals surface area (Å²) in [6, 6.07) is 14.9. The van der Waals surface area contributed by atoms with Crippen LogP contribution >= 0.6 is 0 Å². The third-order valence-corrected chi connectivity index (χ3v) is 5.52. The fourth-order valence-corrected chi connectivity index (χ4v) is 3.82. The van der Waals surface area contributed by atoms with Crippen LogP contribution in [0.25, 0.3) is 0 Å². The highest BCUT2D eigenvalue weighted by atomic mass is 16.2. The zero-order chi connectivity index (χ0) is 24.1. The van der Waals surface area contributed by atoms with Crippen molar-refractivity contribution in [1.29, 1.82) is 0 Å². The van der Waals surface area contributed by atoms with Gasteiger partial charge in [-0.3, -0.25) is 14.4 Å². The number of amides is 3. The zero-order valence-corrected chi connectivity index (χ0v) is 19.9. The molecule has 0 bridgehead atoms. The quantitative estimate of drug-likeness (QED) is 0.412. The number of carbonyl (C=O) groups is 3. The van der Waals surface area contributed by atoms with Gasteiger partial charge in [0.15, 0.2) is 0 Å². The van der Waals surface area contributed by atoms with E-state index in [1.807, 2.05) is 19.9 Å². The van der Waals surface area contributed by atoms with Crippen molar-refractivity contribution in [2.45, 2.75) is 58.8 Å². The van der Waals surface area contributed by atoms with E-state index < -0.39 is 5.91 Å². The number of carbonyl (C=O) groups excluding carboxylic acids is 3. The lowest BCUT2D eigenvalue weighted by molar-refractivity contribution is 0.0755. The summed E-state index contributed by atoms with van der Waals surface area (Å²) in [7, 11) is 0. The Labute approximate surface area is 197 Å². The summed E-state index contributed by atoms with van der Waals surface area (Å²) in [6.07, 6.45) is 6.86. The van der Waals surface area contributed by atoms with Crippen LogP contribution in [0.2, 0.25) is 0 Å². The van der Waals surface area contributed by atoms with Gasteiger partial charge in [-0.2, -0.15) is 0 Å². The minimum absolute atomic E-state index is 0.167. The number of hydrogen-bond donors (Lipinski definition) is 2. The van der Waals surface area contributed by atoms with Crippen LogP contribution < -0.4 is 11.1 Å². The van der Waals surface area contributed by atoms with E-state index in [0.29, 0.717) is 25.2 Å². The van der Waals surface area contributed by atoms with Gasteiger partial charge < -0.3 is 16.0 Å². The maximum atomic E-state index is 13.0. The predicted octanol–water partition coefficient (Wildman–Crippen LogP) is 4.58. The first-order valence-electron chi connectivity index (χ1n) is 12.0. The summed E-state index contributed by atoms with van der Waals surface area (Å²) in [5.41, 5.74) is 7.58. The van der Waals surface area contributed by atoms with E-state index >= 15 is 0 Å². The predicted molar refractivity (Wildman–Crippen MR) is 132 cm³/mol. The molecule has 0 radical (unpaired) electrons. The van der Waals surface area contributed by atoms with Crippen molar-refractivity contribution in [3.63, 3.8) is 0 Å². The Balaban J connectivity index is 1.91. The second-order valence-electron chi connectivity index (χ2n) is 8.36. The van der Waals surface area contributed by atoms with Gasteiger partial charge in [0.2, 0.25) is 5.91 Å². The fraction of sp³-hybridized carbons (Fsp3) is 0.444. The number of rotatable bonds is 14. The van der Waals surface area contributed by atoms with Gasteiger partial charge in [0.25, 0.3) is 11.8 Å². The number of benzene rings is 2. The molecular weight excluding hydrogens is 414 g/mol. The van der Waals surface area contributed by atoms with Crippen LogP contribution in [0.1, 0.15) is 89.0 Å². The van der Waals surface area contributed by atoms with Gasteiger partial charge in [0.05, 0.1) is 0 Å². The molecule has 0 aliphatic heterocycles. The smallest absolute Gasteiger partial charge is 0.253 e. The molecule has 0 fully saturated rings. The molecule has 6 heteroatoms. The summed E-state index contributed by atoms with van der Waals surface area (Å²) in [5, 5.41) is 2.90. The first kappa shape index (κ1) is 26.1. The maximum absolute atomic E-state index is 13.0. The Hall–Kier alpha value is -3.15. The molecule has 2 aromatic carbocycles. The fourth-order valence-electron chi connectivity index (χ4n) is 3.82. The number of hydrogen-bond acceptors (Lipinski definition) is 3. The third kappa shape index (κ3) is 8.72. The van der Waals surface area contributed by atoms with Crippen molar-refractivity contribution in [2.24, 2.45) is 5.73 Å². The number of nitrogens with one attached hydrogen (secondary N) is 1. The van der Waals surface area contributed by atoms with Crippen LogP contribution in [0.5, 0.6) is 0 Å². The molecule has 0 saturated heterocycles. The highest BCUT2D eigenvalue weighted by molar-refractivity contribution is 6.04. The second kappa shape index (κ2) is 14.1. The van der Waals surface area contributed by atoms with Crippen molar-refractivity contribution in [3.8, 4) is 0 Å². The average molecular weight is 452 g/mol. The Morgan fingerprint density at radius 1 is 0.818 bits per heavy atom. The lowest BCUT2D eigenvalue weighted by Crippen LogP contribution is -2.33. The van der Waals surface area contributed by atoms with Crippen molar-refractivity contribution in [1.82, 2.24) is 10.2 Å². The molecule has 2 rings (SSSR count). The second-order valence-corrected chi connectivity index (χ2v) is 8.36. The van der Waals surface area contributed by atoms with E-state index in [1.165, 1.54) is 17.7 Å². The SMILES string of the molecule is CCCN(CCC)C(=O)c1cc(C(N)=O)cc(C(=O)NCCCCCCc2ccccc2)c1. The molecule has 3 amide bonds. The van der Waals surface area contributed by atoms with E-state index in [4.69, 9.17) is 5.73 Å². The van der Waals surface area contributed by atoms with Crippen molar-refractivity contribution < 1.29 is 14.4 Å². The molecule has 6 nitrogen and oxygen atoms in total. The molecule has 0 aliphatic carbocycles. The molecule has 0 unspecified atom stereocenters. The number of unbranched alkanes of at least 4 members (excludes halogenated alkanes) is 3. The molecule has 178 valence electrons. The molecule has 0 aliphatic rings. The van der Waals surface area contributed by atoms with Gasteiger partial charge in [0.1, 0.15) is 0 Å². The number of primary amides is 1. The lowest BCUT2D eigenvalue weighted by Gasteiger charge is -2.22. The van der Waals surface area contributed by atoms with Gasteiger partial charge >= 0.3 is 0 Å². The zero-order valence-electron chi connectivity index (χ0n) is 19.9. The molecule has 0 spiro atoms. The largest absolute Gasteiger partial charge is 0.366 e. The molecular formula is C27H37N3O3. The third-order valence-electron chi connectivity index (χ3n) is 5.52. The van der Waals surface area contributed by atoms with Gasteiger partial charge in [-0.05, 0) is 55.9 Å². The number of nitrogens with two attached hydrogens (primary N) is 1.